The second kappa shape index (κ2) is 27.4. The number of furan rings is 8. The Kier molecular flexibility index (Phi) is 14.4. The zero-order chi connectivity index (χ0) is 94.8. The van der Waals surface area contributed by atoms with Gasteiger partial charge in [0.25, 0.3) is 0 Å². The standard InChI is InChI=1S/C45H22N4O3.C42H24N4O2.C39H18N4O3/c1-3-10-23(11-4-1)43-46-44(24-12-5-2-6-13-24)48-45(47-43)49-28-18-20-32-40-35-25(15-9-17-31(35)51-32)27-22-34-36(26-14-7-8-16-30(26)50-34)42-37(27)41-33(52-42)21-19-29(49)39(41)38(28)40;1-42(2)23-13-17-27-35-31(23)32-24(42)14-18-28-36(32)38-30(48-28)20-16-26-34(38)33-25(15-19-29(47-27)37(33)35)46(26)41-44-39(21-9-5-3-6-10-21)43-40(45-41)22-11-7-4-8-12-22;1-3-7-19(8-4-1)37-40-38(20-9-5-2-6-10-20)42-39(41-37)43-21-11-13-23-31-29(21)30-22(43)12-14-24-32(30)34-26(45-24)16-18-28-36(34)35-27(46-28)17-15-25(44-23)33(31)35/h1-22H;3-20H,1-2H3;1-18H. The monoisotopic (exact) mass is 1870 g/mol. The van der Waals surface area contributed by atoms with Gasteiger partial charge in [-0.1, -0.05) is 238 Å². The minimum absolute atomic E-state index is 0.164. The average molecular weight is 1870 g/mol. The van der Waals surface area contributed by atoms with Gasteiger partial charge in [-0.05, 0) is 160 Å². The van der Waals surface area contributed by atoms with Crippen LogP contribution >= 0.6 is 0 Å². The molecule has 37 rings (SSSR count). The largest absolute Gasteiger partial charge is 0.456 e. The maximum atomic E-state index is 6.94. The average Bonchev–Trinajstić information content (AvgIpc) is 1.50. The van der Waals surface area contributed by atoms with E-state index in [1.165, 1.54) is 32.7 Å². The predicted octanol–water partition coefficient (Wildman–Crippen LogP) is 33.1. The third kappa shape index (κ3) is 9.92. The van der Waals surface area contributed by atoms with Gasteiger partial charge in [-0.3, -0.25) is 13.7 Å². The van der Waals surface area contributed by atoms with Crippen LogP contribution < -0.4 is 0 Å². The molecule has 146 heavy (non-hydrogen) atoms. The Hall–Kier alpha value is -20.0. The van der Waals surface area contributed by atoms with Crippen molar-refractivity contribution in [3.8, 4) is 86.2 Å². The first-order valence-electron chi connectivity index (χ1n) is 48.8. The van der Waals surface area contributed by atoms with E-state index in [2.05, 4.69) is 155 Å². The van der Waals surface area contributed by atoms with Gasteiger partial charge < -0.3 is 35.3 Å². The summed E-state index contributed by atoms with van der Waals surface area (Å²) in [5, 5.41) is 28.4. The van der Waals surface area contributed by atoms with Crippen LogP contribution in [0.5, 0.6) is 0 Å². The molecule has 1 aliphatic rings. The van der Waals surface area contributed by atoms with Crippen LogP contribution in [0.3, 0.4) is 0 Å². The summed E-state index contributed by atoms with van der Waals surface area (Å²) in [7, 11) is 0. The molecule has 14 aromatic heterocycles. The van der Waals surface area contributed by atoms with Crippen LogP contribution in [0.25, 0.3) is 349 Å². The van der Waals surface area contributed by atoms with E-state index < -0.39 is 0 Å². The zero-order valence-electron chi connectivity index (χ0n) is 77.1. The van der Waals surface area contributed by atoms with E-state index in [-0.39, 0.29) is 5.41 Å². The molecule has 14 heterocycles. The zero-order valence-corrected chi connectivity index (χ0v) is 77.1. The maximum absolute atomic E-state index is 6.94. The lowest BCUT2D eigenvalue weighted by Crippen LogP contribution is -2.15. The van der Waals surface area contributed by atoms with Crippen LogP contribution in [-0.4, -0.2) is 58.6 Å². The Balaban J connectivity index is 0.0000000926. The van der Waals surface area contributed by atoms with Gasteiger partial charge in [-0.25, -0.2) is 15.0 Å². The molecule has 36 aromatic rings. The van der Waals surface area contributed by atoms with Crippen molar-refractivity contribution < 1.29 is 35.3 Å². The van der Waals surface area contributed by atoms with Gasteiger partial charge in [0.05, 0.1) is 38.5 Å². The minimum atomic E-state index is -0.164. The van der Waals surface area contributed by atoms with Gasteiger partial charge in [0, 0.05) is 152 Å². The number of hydrogen-bond acceptors (Lipinski definition) is 17. The highest BCUT2D eigenvalue weighted by Gasteiger charge is 2.40. The third-order valence-electron chi connectivity index (χ3n) is 31.1. The van der Waals surface area contributed by atoms with E-state index in [9.17, 15) is 0 Å². The van der Waals surface area contributed by atoms with Crippen molar-refractivity contribution in [3.63, 3.8) is 0 Å². The van der Waals surface area contributed by atoms with E-state index in [1.807, 2.05) is 224 Å². The molecule has 1 aliphatic carbocycles. The summed E-state index contributed by atoms with van der Waals surface area (Å²) in [5.41, 5.74) is 27.3. The number of nitrogens with zero attached hydrogens (tertiary/aromatic N) is 12. The lowest BCUT2D eigenvalue weighted by Gasteiger charge is -2.21. The van der Waals surface area contributed by atoms with Crippen LogP contribution in [0.2, 0.25) is 0 Å². The fourth-order valence-electron chi connectivity index (χ4n) is 25.1. The summed E-state index contributed by atoms with van der Waals surface area (Å²) in [4.78, 5) is 45.9. The molecule has 0 spiro atoms. The summed E-state index contributed by atoms with van der Waals surface area (Å²) in [5.74, 6) is 5.32. The molecule has 0 saturated heterocycles. The Labute approximate surface area is 819 Å². The minimum Gasteiger partial charge on any atom is -0.456 e. The van der Waals surface area contributed by atoms with Gasteiger partial charge in [0.2, 0.25) is 17.8 Å². The summed E-state index contributed by atoms with van der Waals surface area (Å²) < 4.78 is 59.5. The third-order valence-corrected chi connectivity index (χ3v) is 31.1. The van der Waals surface area contributed by atoms with Crippen molar-refractivity contribution in [1.82, 2.24) is 58.6 Å². The molecule has 0 radical (unpaired) electrons. The molecule has 0 unspecified atom stereocenters. The van der Waals surface area contributed by atoms with Crippen molar-refractivity contribution >= 4 is 262 Å². The number of benzene rings is 19. The SMILES string of the molecule is CC1(C)c2ccc3oc4ccc5c6c4c3c2c2c1ccc1oc3ccc(c6c3c12)n5-c1nc(-c2ccccc2)nc(-c2ccccc2)n1.c1ccc(-c2nc(-c3ccccc3)nc(-n3c4ccc5oc6ccc7oc8ccc9oc%10ccc3c3c%10c9c8c7c6c5c34)n2)cc1.c1ccc(-c2nc(-c3ccccc3)nc(-n3c4ccc5oc6cccc7c8cc9oc%10ccccc%10c9c9oc%10ccc3c(c%10c89)c4c5c67)n2)cc1. The number of para-hydroxylation sites is 1. The van der Waals surface area contributed by atoms with Crippen molar-refractivity contribution in [2.75, 3.05) is 0 Å². The first-order valence-corrected chi connectivity index (χ1v) is 48.8. The van der Waals surface area contributed by atoms with Crippen molar-refractivity contribution in [2.45, 2.75) is 19.3 Å². The second-order valence-electron chi connectivity index (χ2n) is 39.0. The highest BCUT2D eigenvalue weighted by Crippen LogP contribution is 2.60. The Morgan fingerprint density at radius 1 is 0.164 bits per heavy atom. The topological polar surface area (TPSA) is 236 Å². The first-order chi connectivity index (χ1) is 72.1. The molecule has 20 nitrogen and oxygen atoms in total. The Morgan fingerprint density at radius 2 is 0.397 bits per heavy atom. The van der Waals surface area contributed by atoms with Gasteiger partial charge in [-0.2, -0.15) is 29.9 Å². The molecule has 20 heteroatoms. The van der Waals surface area contributed by atoms with Gasteiger partial charge >= 0.3 is 0 Å². The second-order valence-corrected chi connectivity index (χ2v) is 39.0. The van der Waals surface area contributed by atoms with E-state index in [0.717, 1.165) is 274 Å². The highest BCUT2D eigenvalue weighted by atomic mass is 16.4. The fraction of sp³-hybridized carbons (Fsp3) is 0.0238. The van der Waals surface area contributed by atoms with E-state index in [0.29, 0.717) is 52.8 Å². The molecule has 676 valence electrons. The number of hydrogen-bond donors (Lipinski definition) is 0. The predicted molar refractivity (Wildman–Crippen MR) is 579 cm³/mol. The van der Waals surface area contributed by atoms with Crippen molar-refractivity contribution in [1.29, 1.82) is 0 Å². The number of fused-ring (bicyclic) bond motifs is 5. The van der Waals surface area contributed by atoms with Gasteiger partial charge in [0.1, 0.15) is 89.3 Å². The van der Waals surface area contributed by atoms with Gasteiger partial charge in [-0.15, -0.1) is 0 Å². The molecule has 0 N–H and O–H groups in total. The molecule has 22 aromatic carbocycles. The van der Waals surface area contributed by atoms with Crippen molar-refractivity contribution in [3.05, 3.63) is 363 Å². The molecule has 0 saturated carbocycles. The molecule has 0 fully saturated rings. The van der Waals surface area contributed by atoms with E-state index in [1.54, 1.807) is 0 Å². The number of rotatable bonds is 9. The lowest BCUT2D eigenvalue weighted by atomic mass is 9.81. The summed E-state index contributed by atoms with van der Waals surface area (Å²) >= 11 is 0. The van der Waals surface area contributed by atoms with Gasteiger partial charge in [0.15, 0.2) is 34.9 Å². The van der Waals surface area contributed by atoms with E-state index >= 15 is 0 Å². The van der Waals surface area contributed by atoms with Crippen LogP contribution in [0.15, 0.2) is 387 Å². The highest BCUT2D eigenvalue weighted by molar-refractivity contribution is 6.48. The molecular weight excluding hydrogens is 1810 g/mol. The molecule has 0 aliphatic heterocycles. The maximum Gasteiger partial charge on any atom is 0.238 e. The molecule has 0 atom stereocenters. The van der Waals surface area contributed by atoms with E-state index in [4.69, 9.17) is 80.2 Å². The smallest absolute Gasteiger partial charge is 0.238 e. The lowest BCUT2D eigenvalue weighted by molar-refractivity contribution is 0.655. The summed E-state index contributed by atoms with van der Waals surface area (Å²) in [6, 6.07) is 119. The summed E-state index contributed by atoms with van der Waals surface area (Å²) in [6.07, 6.45) is 0. The van der Waals surface area contributed by atoms with Crippen molar-refractivity contribution in [2.24, 2.45) is 0 Å². The fourth-order valence-corrected chi connectivity index (χ4v) is 25.1. The Bertz CT molecular complexity index is 11500. The quantitative estimate of drug-likeness (QED) is 0.131. The van der Waals surface area contributed by atoms with Crippen LogP contribution in [0, 0.1) is 0 Å². The summed E-state index contributed by atoms with van der Waals surface area (Å²) in [6.45, 7) is 4.67. The molecular formula is C126H64N12O8. The Morgan fingerprint density at radius 3 is 0.719 bits per heavy atom. The van der Waals surface area contributed by atoms with Crippen LogP contribution in [-0.2, 0) is 5.41 Å². The normalized spacial score (nSPS) is 13.2. The first kappa shape index (κ1) is 76.9. The van der Waals surface area contributed by atoms with Crippen LogP contribution in [0.1, 0.15) is 25.0 Å². The molecule has 0 amide bonds. The van der Waals surface area contributed by atoms with Crippen LogP contribution in [0.4, 0.5) is 0 Å². The number of aromatic nitrogens is 12. The molecule has 0 bridgehead atoms.